The molecule has 0 bridgehead atoms. The summed E-state index contributed by atoms with van der Waals surface area (Å²) in [5, 5.41) is 8.83. The zero-order valence-corrected chi connectivity index (χ0v) is 12.3. The van der Waals surface area contributed by atoms with E-state index >= 15 is 0 Å². The summed E-state index contributed by atoms with van der Waals surface area (Å²) >= 11 is 0. The summed E-state index contributed by atoms with van der Waals surface area (Å²) in [6.07, 6.45) is 1.05. The summed E-state index contributed by atoms with van der Waals surface area (Å²) < 4.78 is 0. The fraction of sp³-hybridized carbons (Fsp3) is 0.471. The summed E-state index contributed by atoms with van der Waals surface area (Å²) in [4.78, 5) is 14.7. The van der Waals surface area contributed by atoms with E-state index in [0.717, 1.165) is 18.5 Å². The summed E-state index contributed by atoms with van der Waals surface area (Å²) in [7, 11) is 0. The maximum atomic E-state index is 12.7. The fourth-order valence-electron chi connectivity index (χ4n) is 2.82. The lowest BCUT2D eigenvalue weighted by Crippen LogP contribution is -2.34. The zero-order valence-electron chi connectivity index (χ0n) is 12.3. The molecule has 0 spiro atoms. The van der Waals surface area contributed by atoms with Crippen LogP contribution in [0.4, 0.5) is 0 Å². The highest BCUT2D eigenvalue weighted by Crippen LogP contribution is 2.25. The number of benzene rings is 1. The number of carbonyl (C=O) groups is 1. The molecule has 0 radical (unpaired) electrons. The molecule has 106 valence electrons. The molecule has 3 heteroatoms. The van der Waals surface area contributed by atoms with Crippen LogP contribution in [0.25, 0.3) is 0 Å². The van der Waals surface area contributed by atoms with Crippen LogP contribution in [-0.4, -0.2) is 35.1 Å². The molecule has 1 heterocycles. The second-order valence-electron chi connectivity index (χ2n) is 5.66. The molecule has 1 aliphatic rings. The van der Waals surface area contributed by atoms with E-state index in [1.165, 1.54) is 0 Å². The zero-order chi connectivity index (χ0) is 14.7. The molecule has 1 saturated heterocycles. The third-order valence-electron chi connectivity index (χ3n) is 3.75. The van der Waals surface area contributed by atoms with Gasteiger partial charge in [0.25, 0.3) is 5.91 Å². The largest absolute Gasteiger partial charge is 0.384 e. The average molecular weight is 271 g/mol. The van der Waals surface area contributed by atoms with E-state index in [1.54, 1.807) is 0 Å². The Labute approximate surface area is 120 Å². The Morgan fingerprint density at radius 2 is 2.20 bits per heavy atom. The molecule has 1 N–H and O–H groups in total. The van der Waals surface area contributed by atoms with Gasteiger partial charge in [-0.3, -0.25) is 4.79 Å². The number of amides is 1. The Balaban J connectivity index is 2.35. The molecule has 1 amide bonds. The molecule has 1 aliphatic heterocycles. The lowest BCUT2D eigenvalue weighted by molar-refractivity contribution is 0.0743. The first kappa shape index (κ1) is 14.6. The van der Waals surface area contributed by atoms with Gasteiger partial charge in [0.1, 0.15) is 6.61 Å². The molecular formula is C17H21NO2. The van der Waals surface area contributed by atoms with Crippen LogP contribution in [0.15, 0.2) is 18.2 Å². The minimum absolute atomic E-state index is 0.0489. The highest BCUT2D eigenvalue weighted by molar-refractivity contribution is 5.97. The SMILES string of the molecule is Cc1ccc(C#CCO)c(C(=O)N2CC(C)CC2C)c1. The van der Waals surface area contributed by atoms with Crippen molar-refractivity contribution in [3.05, 3.63) is 34.9 Å². The number of likely N-dealkylation sites (tertiary alicyclic amines) is 1. The molecule has 2 atom stereocenters. The fourth-order valence-corrected chi connectivity index (χ4v) is 2.82. The van der Waals surface area contributed by atoms with Gasteiger partial charge in [-0.2, -0.15) is 0 Å². The third-order valence-corrected chi connectivity index (χ3v) is 3.75. The first-order valence-corrected chi connectivity index (χ1v) is 7.04. The van der Waals surface area contributed by atoms with Crippen LogP contribution < -0.4 is 0 Å². The van der Waals surface area contributed by atoms with Crippen molar-refractivity contribution in [2.24, 2.45) is 5.92 Å². The van der Waals surface area contributed by atoms with E-state index < -0.39 is 0 Å². The molecular weight excluding hydrogens is 250 g/mol. The lowest BCUT2D eigenvalue weighted by Gasteiger charge is -2.22. The van der Waals surface area contributed by atoms with Gasteiger partial charge in [0.15, 0.2) is 0 Å². The molecule has 1 aromatic carbocycles. The van der Waals surface area contributed by atoms with Crippen LogP contribution in [0.2, 0.25) is 0 Å². The maximum absolute atomic E-state index is 12.7. The highest BCUT2D eigenvalue weighted by Gasteiger charge is 2.31. The van der Waals surface area contributed by atoms with Crippen molar-refractivity contribution in [2.45, 2.75) is 33.2 Å². The smallest absolute Gasteiger partial charge is 0.255 e. The third kappa shape index (κ3) is 3.02. The van der Waals surface area contributed by atoms with Crippen molar-refractivity contribution in [1.29, 1.82) is 0 Å². The Bertz CT molecular complexity index is 568. The van der Waals surface area contributed by atoms with E-state index in [1.807, 2.05) is 30.0 Å². The van der Waals surface area contributed by atoms with Crippen molar-refractivity contribution in [3.63, 3.8) is 0 Å². The summed E-state index contributed by atoms with van der Waals surface area (Å²) in [5.41, 5.74) is 2.39. The van der Waals surface area contributed by atoms with Crippen molar-refractivity contribution >= 4 is 5.91 Å². The Hall–Kier alpha value is -1.79. The topological polar surface area (TPSA) is 40.5 Å². The molecule has 1 fully saturated rings. The molecule has 20 heavy (non-hydrogen) atoms. The van der Waals surface area contributed by atoms with Gasteiger partial charge in [-0.1, -0.05) is 30.4 Å². The van der Waals surface area contributed by atoms with Crippen molar-refractivity contribution in [3.8, 4) is 11.8 Å². The van der Waals surface area contributed by atoms with Gasteiger partial charge in [-0.05, 0) is 38.3 Å². The number of nitrogens with zero attached hydrogens (tertiary/aromatic N) is 1. The van der Waals surface area contributed by atoms with Crippen LogP contribution in [0.5, 0.6) is 0 Å². The Kier molecular flexibility index (Phi) is 4.46. The molecule has 1 aromatic rings. The monoisotopic (exact) mass is 271 g/mol. The number of hydrogen-bond donors (Lipinski definition) is 1. The second-order valence-corrected chi connectivity index (χ2v) is 5.66. The van der Waals surface area contributed by atoms with Gasteiger partial charge in [0.05, 0.1) is 5.56 Å². The van der Waals surface area contributed by atoms with Gasteiger partial charge in [-0.25, -0.2) is 0 Å². The minimum Gasteiger partial charge on any atom is -0.384 e. The summed E-state index contributed by atoms with van der Waals surface area (Å²) in [5.74, 6) is 6.09. The number of hydrogen-bond acceptors (Lipinski definition) is 2. The number of aliphatic hydroxyl groups excluding tert-OH is 1. The van der Waals surface area contributed by atoms with Crippen molar-refractivity contribution in [1.82, 2.24) is 4.90 Å². The summed E-state index contributed by atoms with van der Waals surface area (Å²) in [6.45, 7) is 6.85. The molecule has 0 aromatic heterocycles. The molecule has 0 aliphatic carbocycles. The molecule has 0 saturated carbocycles. The Morgan fingerprint density at radius 3 is 2.80 bits per heavy atom. The van der Waals surface area contributed by atoms with E-state index in [4.69, 9.17) is 5.11 Å². The first-order chi connectivity index (χ1) is 9.52. The van der Waals surface area contributed by atoms with Gasteiger partial charge in [0.2, 0.25) is 0 Å². The molecule has 3 nitrogen and oxygen atoms in total. The van der Waals surface area contributed by atoms with Crippen molar-refractivity contribution < 1.29 is 9.90 Å². The number of rotatable bonds is 1. The minimum atomic E-state index is -0.196. The first-order valence-electron chi connectivity index (χ1n) is 7.04. The maximum Gasteiger partial charge on any atom is 0.255 e. The van der Waals surface area contributed by atoms with Crippen LogP contribution in [0.1, 0.15) is 41.8 Å². The quantitative estimate of drug-likeness (QED) is 0.796. The van der Waals surface area contributed by atoms with Gasteiger partial charge >= 0.3 is 0 Å². The normalized spacial score (nSPS) is 21.5. The van der Waals surface area contributed by atoms with E-state index in [-0.39, 0.29) is 18.6 Å². The van der Waals surface area contributed by atoms with Crippen LogP contribution in [0.3, 0.4) is 0 Å². The van der Waals surface area contributed by atoms with Crippen LogP contribution >= 0.6 is 0 Å². The standard InChI is InChI=1S/C17H21NO2/c1-12-6-7-15(5-4-8-19)16(10-12)17(20)18-11-13(2)9-14(18)3/h6-7,10,13-14,19H,8-9,11H2,1-3H3. The number of aliphatic hydroxyl groups is 1. The predicted molar refractivity (Wildman–Crippen MR) is 79.4 cm³/mol. The van der Waals surface area contributed by atoms with Gasteiger partial charge in [-0.15, -0.1) is 0 Å². The highest BCUT2D eigenvalue weighted by atomic mass is 16.2. The van der Waals surface area contributed by atoms with E-state index in [9.17, 15) is 4.79 Å². The number of carbonyl (C=O) groups excluding carboxylic acids is 1. The van der Waals surface area contributed by atoms with Gasteiger partial charge < -0.3 is 10.0 Å². The van der Waals surface area contributed by atoms with Crippen LogP contribution in [0, 0.1) is 24.7 Å². The van der Waals surface area contributed by atoms with E-state index in [0.29, 0.717) is 17.0 Å². The van der Waals surface area contributed by atoms with Gasteiger partial charge in [0, 0.05) is 18.2 Å². The van der Waals surface area contributed by atoms with Crippen molar-refractivity contribution in [2.75, 3.05) is 13.2 Å². The van der Waals surface area contributed by atoms with E-state index in [2.05, 4.69) is 25.7 Å². The summed E-state index contributed by atoms with van der Waals surface area (Å²) in [6, 6.07) is 5.96. The molecule has 2 unspecified atom stereocenters. The second kappa shape index (κ2) is 6.11. The van der Waals surface area contributed by atoms with Crippen LogP contribution in [-0.2, 0) is 0 Å². The Morgan fingerprint density at radius 1 is 1.45 bits per heavy atom. The number of aryl methyl sites for hydroxylation is 1. The molecule has 2 rings (SSSR count). The average Bonchev–Trinajstić information content (AvgIpc) is 2.75. The predicted octanol–water partition coefficient (Wildman–Crippen LogP) is 2.21. The lowest BCUT2D eigenvalue weighted by atomic mass is 10.0.